The first-order valence-corrected chi connectivity index (χ1v) is 10.2. The summed E-state index contributed by atoms with van der Waals surface area (Å²) in [7, 11) is 0. The molecule has 1 amide bonds. The van der Waals surface area contributed by atoms with Crippen LogP contribution in [0.15, 0.2) is 60.7 Å². The van der Waals surface area contributed by atoms with Crippen molar-refractivity contribution in [1.82, 2.24) is 15.6 Å². The number of H-pyrrole nitrogens is 1. The molecule has 3 aromatic carbocycles. The first-order chi connectivity index (χ1) is 14.1. The van der Waals surface area contributed by atoms with E-state index >= 15 is 0 Å². The van der Waals surface area contributed by atoms with Gasteiger partial charge in [0, 0.05) is 35.8 Å². The Morgan fingerprint density at radius 1 is 1.03 bits per heavy atom. The Bertz CT molecular complexity index is 1210. The highest BCUT2D eigenvalue weighted by Crippen LogP contribution is 2.28. The number of hydrogen-bond acceptors (Lipinski definition) is 2. The maximum Gasteiger partial charge on any atom is 0.252 e. The Labute approximate surface area is 170 Å². The van der Waals surface area contributed by atoms with Crippen LogP contribution in [0.5, 0.6) is 0 Å². The molecule has 0 radical (unpaired) electrons. The summed E-state index contributed by atoms with van der Waals surface area (Å²) in [6.45, 7) is 6.09. The van der Waals surface area contributed by atoms with Gasteiger partial charge in [-0.25, -0.2) is 0 Å². The molecule has 4 heteroatoms. The Balaban J connectivity index is 1.43. The number of aryl methyl sites for hydroxylation is 1. The number of rotatable bonds is 4. The normalized spacial score (nSPS) is 15.4. The Kier molecular flexibility index (Phi) is 4.36. The first kappa shape index (κ1) is 18.0. The van der Waals surface area contributed by atoms with Crippen LogP contribution in [0.2, 0.25) is 0 Å². The van der Waals surface area contributed by atoms with Crippen LogP contribution < -0.4 is 10.6 Å². The Morgan fingerprint density at radius 3 is 2.62 bits per heavy atom. The summed E-state index contributed by atoms with van der Waals surface area (Å²) in [5, 5.41) is 10.0. The summed E-state index contributed by atoms with van der Waals surface area (Å²) in [5.74, 6) is 0.512. The summed E-state index contributed by atoms with van der Waals surface area (Å²) >= 11 is 0. The lowest BCUT2D eigenvalue weighted by Crippen LogP contribution is -2.40. The molecule has 1 aromatic heterocycles. The van der Waals surface area contributed by atoms with Crippen LogP contribution in [-0.4, -0.2) is 24.0 Å². The third-order valence-corrected chi connectivity index (χ3v) is 6.09. The maximum atomic E-state index is 13.1. The third-order valence-electron chi connectivity index (χ3n) is 6.09. The average Bonchev–Trinajstić information content (AvgIpc) is 3.07. The average molecular weight is 383 g/mol. The monoisotopic (exact) mass is 383 g/mol. The fourth-order valence-corrected chi connectivity index (χ4v) is 4.27. The van der Waals surface area contributed by atoms with E-state index in [0.29, 0.717) is 5.92 Å². The van der Waals surface area contributed by atoms with Crippen molar-refractivity contribution in [3.63, 3.8) is 0 Å². The van der Waals surface area contributed by atoms with Crippen LogP contribution in [0.1, 0.15) is 46.1 Å². The van der Waals surface area contributed by atoms with Gasteiger partial charge in [-0.2, -0.15) is 0 Å². The lowest BCUT2D eigenvalue weighted by molar-refractivity contribution is 0.0939. The molecule has 0 aliphatic carbocycles. The van der Waals surface area contributed by atoms with E-state index in [4.69, 9.17) is 0 Å². The van der Waals surface area contributed by atoms with Gasteiger partial charge in [-0.15, -0.1) is 0 Å². The molecule has 1 aliphatic rings. The van der Waals surface area contributed by atoms with Crippen LogP contribution in [0.3, 0.4) is 0 Å². The number of aromatic nitrogens is 1. The van der Waals surface area contributed by atoms with Gasteiger partial charge in [-0.05, 0) is 59.3 Å². The summed E-state index contributed by atoms with van der Waals surface area (Å²) < 4.78 is 0. The molecule has 2 heterocycles. The van der Waals surface area contributed by atoms with E-state index in [0.717, 1.165) is 35.3 Å². The highest BCUT2D eigenvalue weighted by atomic mass is 16.1. The second-order valence-electron chi connectivity index (χ2n) is 8.10. The topological polar surface area (TPSA) is 56.9 Å². The Morgan fingerprint density at radius 2 is 1.83 bits per heavy atom. The fraction of sp³-hybridized carbons (Fsp3) is 0.240. The van der Waals surface area contributed by atoms with Gasteiger partial charge in [0.2, 0.25) is 0 Å². The Hall–Kier alpha value is -3.11. The minimum absolute atomic E-state index is 0.0358. The number of carbonyl (C=O) groups excluding carboxylic acids is 1. The maximum absolute atomic E-state index is 13.1. The van der Waals surface area contributed by atoms with Gasteiger partial charge in [0.25, 0.3) is 5.91 Å². The number of hydrogen-bond donors (Lipinski definition) is 3. The quantitative estimate of drug-likeness (QED) is 0.474. The molecule has 5 rings (SSSR count). The molecule has 1 aliphatic heterocycles. The van der Waals surface area contributed by atoms with Gasteiger partial charge in [0.05, 0.1) is 6.04 Å². The summed E-state index contributed by atoms with van der Waals surface area (Å²) in [4.78, 5) is 16.6. The molecule has 3 N–H and O–H groups in total. The smallest absolute Gasteiger partial charge is 0.252 e. The fourth-order valence-electron chi connectivity index (χ4n) is 4.27. The predicted molar refractivity (Wildman–Crippen MR) is 118 cm³/mol. The van der Waals surface area contributed by atoms with Crippen LogP contribution in [-0.2, 0) is 0 Å². The summed E-state index contributed by atoms with van der Waals surface area (Å²) in [6, 6.07) is 20.8. The van der Waals surface area contributed by atoms with Crippen LogP contribution >= 0.6 is 0 Å². The van der Waals surface area contributed by atoms with Gasteiger partial charge in [0.1, 0.15) is 0 Å². The van der Waals surface area contributed by atoms with Gasteiger partial charge in [-0.3, -0.25) is 4.79 Å². The zero-order valence-electron chi connectivity index (χ0n) is 16.8. The lowest BCUT2D eigenvalue weighted by Gasteiger charge is -2.25. The highest BCUT2D eigenvalue weighted by molar-refractivity contribution is 6.00. The molecule has 0 unspecified atom stereocenters. The van der Waals surface area contributed by atoms with Crippen molar-refractivity contribution in [3.8, 4) is 0 Å². The zero-order valence-corrected chi connectivity index (χ0v) is 16.8. The molecule has 4 nitrogen and oxygen atoms in total. The first-order valence-electron chi connectivity index (χ1n) is 10.2. The van der Waals surface area contributed by atoms with Crippen molar-refractivity contribution in [2.75, 3.05) is 13.1 Å². The molecule has 29 heavy (non-hydrogen) atoms. The molecule has 0 bridgehead atoms. The second-order valence-corrected chi connectivity index (χ2v) is 8.10. The van der Waals surface area contributed by atoms with Crippen LogP contribution in [0.4, 0.5) is 0 Å². The van der Waals surface area contributed by atoms with Crippen molar-refractivity contribution in [3.05, 3.63) is 83.0 Å². The second kappa shape index (κ2) is 7.05. The summed E-state index contributed by atoms with van der Waals surface area (Å²) in [6.07, 6.45) is 0. The van der Waals surface area contributed by atoms with Crippen LogP contribution in [0.25, 0.3) is 21.7 Å². The van der Waals surface area contributed by atoms with Gasteiger partial charge >= 0.3 is 0 Å². The highest BCUT2D eigenvalue weighted by Gasteiger charge is 2.22. The van der Waals surface area contributed by atoms with Crippen LogP contribution in [0, 0.1) is 6.92 Å². The van der Waals surface area contributed by atoms with Gasteiger partial charge in [0.15, 0.2) is 0 Å². The largest absolute Gasteiger partial charge is 0.358 e. The number of benzene rings is 3. The van der Waals surface area contributed by atoms with E-state index in [1.807, 2.05) is 38.1 Å². The van der Waals surface area contributed by atoms with E-state index in [-0.39, 0.29) is 11.9 Å². The molecule has 1 atom stereocenters. The number of carbonyl (C=O) groups is 1. The standard InChI is InChI=1S/C25H25N3O/c1-15-10-18-11-23(19-13-26-14-19)28-24(18)12-22(15)25(29)27-16(2)20-9-5-7-17-6-3-4-8-21(17)20/h3-12,16,19,26,28H,13-14H2,1-2H3,(H,27,29)/t16-/m1/s1. The molecule has 4 aromatic rings. The number of amides is 1. The van der Waals surface area contributed by atoms with Crippen molar-refractivity contribution in [2.45, 2.75) is 25.8 Å². The molecule has 1 saturated heterocycles. The van der Waals surface area contributed by atoms with Crippen molar-refractivity contribution >= 4 is 27.6 Å². The van der Waals surface area contributed by atoms with E-state index < -0.39 is 0 Å². The van der Waals surface area contributed by atoms with Crippen molar-refractivity contribution in [1.29, 1.82) is 0 Å². The minimum atomic E-state index is -0.0797. The number of fused-ring (bicyclic) bond motifs is 2. The lowest BCUT2D eigenvalue weighted by atomic mass is 9.98. The molecular formula is C25H25N3O. The molecule has 0 saturated carbocycles. The SMILES string of the molecule is Cc1cc2cc(C3CNC3)[nH]c2cc1C(=O)N[C@H](C)c1cccc2ccccc12. The van der Waals surface area contributed by atoms with Gasteiger partial charge < -0.3 is 15.6 Å². The molecule has 146 valence electrons. The van der Waals surface area contributed by atoms with Crippen molar-refractivity contribution < 1.29 is 4.79 Å². The van der Waals surface area contributed by atoms with Gasteiger partial charge in [-0.1, -0.05) is 42.5 Å². The summed E-state index contributed by atoms with van der Waals surface area (Å²) in [5.41, 5.74) is 5.14. The molecule has 1 fully saturated rings. The van der Waals surface area contributed by atoms with E-state index in [1.165, 1.54) is 21.9 Å². The zero-order chi connectivity index (χ0) is 20.0. The minimum Gasteiger partial charge on any atom is -0.358 e. The predicted octanol–water partition coefficient (Wildman–Crippen LogP) is 4.81. The third kappa shape index (κ3) is 3.19. The van der Waals surface area contributed by atoms with E-state index in [2.05, 4.69) is 52.0 Å². The number of aromatic amines is 1. The van der Waals surface area contributed by atoms with E-state index in [1.54, 1.807) is 0 Å². The number of nitrogens with one attached hydrogen (secondary N) is 3. The van der Waals surface area contributed by atoms with E-state index in [9.17, 15) is 4.79 Å². The molecular weight excluding hydrogens is 358 g/mol. The molecule has 0 spiro atoms. The van der Waals surface area contributed by atoms with Crippen molar-refractivity contribution in [2.24, 2.45) is 0 Å².